The predicted octanol–water partition coefficient (Wildman–Crippen LogP) is 1.14. The molecule has 0 aromatic heterocycles. The highest BCUT2D eigenvalue weighted by Crippen LogP contribution is 2.40. The van der Waals surface area contributed by atoms with E-state index in [1.165, 1.54) is 7.11 Å². The number of benzene rings is 1. The molecule has 2 rings (SSSR count). The molecule has 0 spiro atoms. The molecule has 1 aliphatic heterocycles. The van der Waals surface area contributed by atoms with Crippen LogP contribution in [-0.4, -0.2) is 32.0 Å². The molecule has 88 valence electrons. The first-order chi connectivity index (χ1) is 7.77. The van der Waals surface area contributed by atoms with Gasteiger partial charge in [0.1, 0.15) is 13.2 Å². The zero-order valence-electron chi connectivity index (χ0n) is 8.96. The van der Waals surface area contributed by atoms with Crippen molar-refractivity contribution >= 4 is 0 Å². The summed E-state index contributed by atoms with van der Waals surface area (Å²) in [6.07, 6.45) is 0.316. The second kappa shape index (κ2) is 4.57. The second-order valence-corrected chi connectivity index (χ2v) is 3.38. The van der Waals surface area contributed by atoms with Crippen molar-refractivity contribution in [3.8, 4) is 17.2 Å². The molecule has 0 atom stereocenters. The van der Waals surface area contributed by atoms with Gasteiger partial charge in [-0.2, -0.15) is 4.39 Å². The molecule has 0 saturated carbocycles. The first kappa shape index (κ1) is 11.0. The van der Waals surface area contributed by atoms with Gasteiger partial charge in [0.05, 0.1) is 7.11 Å². The monoisotopic (exact) mass is 228 g/mol. The van der Waals surface area contributed by atoms with Crippen molar-refractivity contribution in [1.29, 1.82) is 0 Å². The number of methoxy groups -OCH3 is 1. The number of ether oxygens (including phenoxy) is 3. The van der Waals surface area contributed by atoms with Gasteiger partial charge in [-0.05, 0) is 12.5 Å². The lowest BCUT2D eigenvalue weighted by Crippen LogP contribution is -2.17. The minimum atomic E-state index is -0.567. The Morgan fingerprint density at radius 1 is 1.44 bits per heavy atom. The quantitative estimate of drug-likeness (QED) is 0.842. The van der Waals surface area contributed by atoms with Crippen LogP contribution in [0.3, 0.4) is 0 Å². The Kier molecular flexibility index (Phi) is 3.14. The van der Waals surface area contributed by atoms with Crippen LogP contribution in [0.4, 0.5) is 4.39 Å². The SMILES string of the molecule is COc1c(CCO)cc2c(c1F)OCCO2. The van der Waals surface area contributed by atoms with Gasteiger partial charge in [-0.1, -0.05) is 0 Å². The van der Waals surface area contributed by atoms with Crippen molar-refractivity contribution in [3.05, 3.63) is 17.4 Å². The van der Waals surface area contributed by atoms with E-state index in [4.69, 9.17) is 19.3 Å². The predicted molar refractivity (Wildman–Crippen MR) is 54.7 cm³/mol. The van der Waals surface area contributed by atoms with Crippen molar-refractivity contribution in [1.82, 2.24) is 0 Å². The van der Waals surface area contributed by atoms with E-state index in [9.17, 15) is 4.39 Å². The van der Waals surface area contributed by atoms with Crippen LogP contribution in [0.15, 0.2) is 6.07 Å². The van der Waals surface area contributed by atoms with E-state index in [1.807, 2.05) is 0 Å². The van der Waals surface area contributed by atoms with E-state index < -0.39 is 5.82 Å². The Hall–Kier alpha value is -1.49. The number of halogens is 1. The maximum atomic E-state index is 13.9. The van der Waals surface area contributed by atoms with Crippen LogP contribution in [0.1, 0.15) is 5.56 Å². The molecule has 4 nitrogen and oxygen atoms in total. The molecule has 0 aliphatic carbocycles. The number of hydrogen-bond acceptors (Lipinski definition) is 4. The average Bonchev–Trinajstić information content (AvgIpc) is 2.30. The third-order valence-corrected chi connectivity index (χ3v) is 2.39. The van der Waals surface area contributed by atoms with Gasteiger partial charge in [-0.3, -0.25) is 0 Å². The van der Waals surface area contributed by atoms with Gasteiger partial charge in [-0.15, -0.1) is 0 Å². The summed E-state index contributed by atoms with van der Waals surface area (Å²) in [5, 5.41) is 8.88. The van der Waals surface area contributed by atoms with Gasteiger partial charge in [0.2, 0.25) is 11.6 Å². The van der Waals surface area contributed by atoms with Crippen molar-refractivity contribution < 1.29 is 23.7 Å². The van der Waals surface area contributed by atoms with Gasteiger partial charge in [0.25, 0.3) is 0 Å². The lowest BCUT2D eigenvalue weighted by molar-refractivity contribution is 0.162. The highest BCUT2D eigenvalue weighted by molar-refractivity contribution is 5.52. The molecule has 1 heterocycles. The summed E-state index contributed by atoms with van der Waals surface area (Å²) in [5.74, 6) is -0.000704. The van der Waals surface area contributed by atoms with Crippen molar-refractivity contribution in [2.24, 2.45) is 0 Å². The molecule has 0 unspecified atom stereocenters. The van der Waals surface area contributed by atoms with Gasteiger partial charge < -0.3 is 19.3 Å². The smallest absolute Gasteiger partial charge is 0.210 e. The Morgan fingerprint density at radius 3 is 2.88 bits per heavy atom. The van der Waals surface area contributed by atoms with Crippen LogP contribution in [-0.2, 0) is 6.42 Å². The Labute approximate surface area is 92.6 Å². The molecule has 1 aromatic rings. The Balaban J connectivity index is 2.50. The molecule has 0 fully saturated rings. The number of aliphatic hydroxyl groups is 1. The fraction of sp³-hybridized carbons (Fsp3) is 0.455. The van der Waals surface area contributed by atoms with Crippen LogP contribution in [0, 0.1) is 5.82 Å². The molecule has 0 bridgehead atoms. The van der Waals surface area contributed by atoms with Crippen LogP contribution in [0.5, 0.6) is 17.2 Å². The summed E-state index contributed by atoms with van der Waals surface area (Å²) in [7, 11) is 1.38. The Morgan fingerprint density at radius 2 is 2.19 bits per heavy atom. The first-order valence-corrected chi connectivity index (χ1v) is 5.03. The zero-order chi connectivity index (χ0) is 11.5. The first-order valence-electron chi connectivity index (χ1n) is 5.03. The summed E-state index contributed by atoms with van der Waals surface area (Å²) in [5.41, 5.74) is 0.576. The van der Waals surface area contributed by atoms with Crippen molar-refractivity contribution in [2.45, 2.75) is 6.42 Å². The summed E-state index contributed by atoms with van der Waals surface area (Å²) in [6, 6.07) is 1.65. The molecule has 0 amide bonds. The third-order valence-electron chi connectivity index (χ3n) is 2.39. The van der Waals surface area contributed by atoms with E-state index in [0.717, 1.165) is 0 Å². The minimum absolute atomic E-state index is 0.0740. The lowest BCUT2D eigenvalue weighted by atomic mass is 10.1. The average molecular weight is 228 g/mol. The fourth-order valence-electron chi connectivity index (χ4n) is 1.71. The number of hydrogen-bond donors (Lipinski definition) is 1. The summed E-state index contributed by atoms with van der Waals surface area (Å²) >= 11 is 0. The second-order valence-electron chi connectivity index (χ2n) is 3.38. The van der Waals surface area contributed by atoms with Gasteiger partial charge in [0, 0.05) is 12.2 Å². The van der Waals surface area contributed by atoms with E-state index >= 15 is 0 Å². The summed E-state index contributed by atoms with van der Waals surface area (Å²) in [4.78, 5) is 0. The van der Waals surface area contributed by atoms with Crippen LogP contribution >= 0.6 is 0 Å². The molecule has 5 heteroatoms. The van der Waals surface area contributed by atoms with E-state index in [1.54, 1.807) is 6.07 Å². The third kappa shape index (κ3) is 1.78. The molecule has 0 saturated heterocycles. The normalized spacial score (nSPS) is 13.7. The highest BCUT2D eigenvalue weighted by atomic mass is 19.1. The van der Waals surface area contributed by atoms with Crippen molar-refractivity contribution in [3.63, 3.8) is 0 Å². The standard InChI is InChI=1S/C11H13FO4/c1-14-10-7(2-3-13)6-8-11(9(10)12)16-5-4-15-8/h6,13H,2-5H2,1H3. The van der Waals surface area contributed by atoms with Crippen LogP contribution in [0.2, 0.25) is 0 Å². The largest absolute Gasteiger partial charge is 0.493 e. The van der Waals surface area contributed by atoms with Crippen LogP contribution < -0.4 is 14.2 Å². The maximum Gasteiger partial charge on any atom is 0.210 e. The molecule has 0 radical (unpaired) electrons. The van der Waals surface area contributed by atoms with Crippen molar-refractivity contribution in [2.75, 3.05) is 26.9 Å². The fourth-order valence-corrected chi connectivity index (χ4v) is 1.71. The summed E-state index contributed by atoms with van der Waals surface area (Å²) < 4.78 is 29.4. The lowest BCUT2D eigenvalue weighted by Gasteiger charge is -2.21. The molecule has 1 aromatic carbocycles. The van der Waals surface area contributed by atoms with Crippen LogP contribution in [0.25, 0.3) is 0 Å². The van der Waals surface area contributed by atoms with E-state index in [2.05, 4.69) is 0 Å². The Bertz CT molecular complexity index is 392. The number of rotatable bonds is 3. The highest BCUT2D eigenvalue weighted by Gasteiger charge is 2.23. The van der Waals surface area contributed by atoms with Gasteiger partial charge in [0.15, 0.2) is 11.5 Å². The molecule has 16 heavy (non-hydrogen) atoms. The topological polar surface area (TPSA) is 47.9 Å². The maximum absolute atomic E-state index is 13.9. The van der Waals surface area contributed by atoms with Gasteiger partial charge >= 0.3 is 0 Å². The molecular formula is C11H13FO4. The molecular weight excluding hydrogens is 215 g/mol. The van der Waals surface area contributed by atoms with Gasteiger partial charge in [-0.25, -0.2) is 0 Å². The summed E-state index contributed by atoms with van der Waals surface area (Å²) in [6.45, 7) is 0.652. The molecule has 1 N–H and O–H groups in total. The van der Waals surface area contributed by atoms with E-state index in [-0.39, 0.29) is 18.1 Å². The number of fused-ring (bicyclic) bond motifs is 1. The number of aliphatic hydroxyl groups excluding tert-OH is 1. The molecule has 1 aliphatic rings. The minimum Gasteiger partial charge on any atom is -0.493 e. The van der Waals surface area contributed by atoms with E-state index in [0.29, 0.717) is 30.9 Å². The zero-order valence-corrected chi connectivity index (χ0v) is 8.96.